The number of pyridine rings is 1. The van der Waals surface area contributed by atoms with Gasteiger partial charge < -0.3 is 10.2 Å². The van der Waals surface area contributed by atoms with Crippen molar-refractivity contribution in [3.63, 3.8) is 0 Å². The quantitative estimate of drug-likeness (QED) is 0.498. The Bertz CT molecular complexity index is 440. The number of ether oxygens (including phenoxy) is 1. The van der Waals surface area contributed by atoms with Crippen LogP contribution in [0.4, 0.5) is 5.82 Å². The smallest absolute Gasteiger partial charge is 0.236 e. The average Bonchev–Trinajstić information content (AvgIpc) is 2.22. The molecule has 0 bridgehead atoms. The number of terminal acetylenes is 1. The van der Waals surface area contributed by atoms with Crippen molar-refractivity contribution >= 4 is 29.0 Å². The number of nitrogens with zero attached hydrogens (tertiary/aromatic N) is 1. The van der Waals surface area contributed by atoms with Crippen LogP contribution in [0.5, 0.6) is 5.88 Å². The molecule has 0 aliphatic rings. The fourth-order valence-corrected chi connectivity index (χ4v) is 1.35. The molecule has 0 saturated heterocycles. The van der Waals surface area contributed by atoms with E-state index in [4.69, 9.17) is 40.2 Å². The lowest BCUT2D eigenvalue weighted by molar-refractivity contribution is 0.165. The number of hydrogen-bond acceptors (Lipinski definition) is 4. The Balaban J connectivity index is 3.11. The molecule has 0 fully saturated rings. The second kappa shape index (κ2) is 4.79. The molecule has 0 aliphatic heterocycles. The molecule has 1 rings (SSSR count). The number of halogens is 2. The van der Waals surface area contributed by atoms with E-state index in [1.165, 1.54) is 6.07 Å². The van der Waals surface area contributed by atoms with Crippen molar-refractivity contribution in [1.82, 2.24) is 4.98 Å². The molecule has 0 aromatic carbocycles. The zero-order valence-electron chi connectivity index (χ0n) is 8.84. The number of rotatable bonds is 3. The largest absolute Gasteiger partial charge is 0.457 e. The predicted octanol–water partition coefficient (Wildman–Crippen LogP) is 2.46. The van der Waals surface area contributed by atoms with E-state index in [1.807, 2.05) is 0 Å². The van der Waals surface area contributed by atoms with Crippen LogP contribution in [0.15, 0.2) is 6.07 Å². The summed E-state index contributed by atoms with van der Waals surface area (Å²) in [6.07, 6.45) is 5.29. The van der Waals surface area contributed by atoms with Gasteiger partial charge in [0.1, 0.15) is 5.02 Å². The van der Waals surface area contributed by atoms with Crippen LogP contribution in [0.1, 0.15) is 13.8 Å². The van der Waals surface area contributed by atoms with E-state index < -0.39 is 5.60 Å². The van der Waals surface area contributed by atoms with Crippen molar-refractivity contribution in [3.05, 3.63) is 16.1 Å². The third-order valence-electron chi connectivity index (χ3n) is 1.73. The fraction of sp³-hybridized carbons (Fsp3) is 0.300. The van der Waals surface area contributed by atoms with Gasteiger partial charge in [-0.1, -0.05) is 29.1 Å². The molecule has 0 unspecified atom stereocenters. The number of hydrazine groups is 1. The summed E-state index contributed by atoms with van der Waals surface area (Å²) < 4.78 is 5.45. The van der Waals surface area contributed by atoms with Crippen LogP contribution in [-0.2, 0) is 0 Å². The van der Waals surface area contributed by atoms with Gasteiger partial charge in [0.25, 0.3) is 0 Å². The highest BCUT2D eigenvalue weighted by atomic mass is 35.5. The average molecular weight is 260 g/mol. The standard InChI is InChI=1S/C10H11Cl2N3O/c1-4-10(2,3)16-9-7(12)5-6(11)8(14-9)15-13/h1,5H,13H2,2-3H3,(H,14,15). The van der Waals surface area contributed by atoms with Crippen molar-refractivity contribution in [2.24, 2.45) is 5.84 Å². The molecule has 0 amide bonds. The molecule has 1 aromatic rings. The first-order valence-electron chi connectivity index (χ1n) is 4.39. The maximum Gasteiger partial charge on any atom is 0.236 e. The van der Waals surface area contributed by atoms with E-state index in [0.717, 1.165) is 0 Å². The normalized spacial score (nSPS) is 10.8. The maximum atomic E-state index is 5.91. The summed E-state index contributed by atoms with van der Waals surface area (Å²) in [5.74, 6) is 8.15. The molecule has 3 N–H and O–H groups in total. The Morgan fingerprint density at radius 3 is 2.62 bits per heavy atom. The topological polar surface area (TPSA) is 60.2 Å². The molecule has 6 heteroatoms. The molecule has 0 radical (unpaired) electrons. The first-order valence-corrected chi connectivity index (χ1v) is 5.14. The third-order valence-corrected chi connectivity index (χ3v) is 2.29. The molecule has 0 saturated carbocycles. The second-order valence-corrected chi connectivity index (χ2v) is 4.32. The molecule has 1 aromatic heterocycles. The summed E-state index contributed by atoms with van der Waals surface area (Å²) in [6.45, 7) is 3.43. The van der Waals surface area contributed by atoms with Crippen molar-refractivity contribution in [2.45, 2.75) is 19.4 Å². The third kappa shape index (κ3) is 2.92. The van der Waals surface area contributed by atoms with Gasteiger partial charge in [-0.3, -0.25) is 0 Å². The monoisotopic (exact) mass is 259 g/mol. The van der Waals surface area contributed by atoms with Crippen molar-refractivity contribution in [3.8, 4) is 18.2 Å². The van der Waals surface area contributed by atoms with Gasteiger partial charge in [0, 0.05) is 0 Å². The van der Waals surface area contributed by atoms with Crippen molar-refractivity contribution in [2.75, 3.05) is 5.43 Å². The minimum Gasteiger partial charge on any atom is -0.457 e. The summed E-state index contributed by atoms with van der Waals surface area (Å²) >= 11 is 11.7. The lowest BCUT2D eigenvalue weighted by atomic mass is 10.1. The van der Waals surface area contributed by atoms with E-state index in [-0.39, 0.29) is 16.7 Å². The maximum absolute atomic E-state index is 5.91. The molecule has 0 atom stereocenters. The van der Waals surface area contributed by atoms with Crippen LogP contribution in [0.25, 0.3) is 0 Å². The van der Waals surface area contributed by atoms with Gasteiger partial charge in [0.2, 0.25) is 5.88 Å². The zero-order chi connectivity index (χ0) is 12.3. The van der Waals surface area contributed by atoms with Crippen LogP contribution >= 0.6 is 23.2 Å². The Kier molecular flexibility index (Phi) is 3.87. The Morgan fingerprint density at radius 1 is 1.50 bits per heavy atom. The summed E-state index contributed by atoms with van der Waals surface area (Å²) in [7, 11) is 0. The van der Waals surface area contributed by atoms with Gasteiger partial charge in [0.15, 0.2) is 11.4 Å². The second-order valence-electron chi connectivity index (χ2n) is 3.51. The first-order chi connectivity index (χ1) is 7.39. The van der Waals surface area contributed by atoms with Gasteiger partial charge in [-0.05, 0) is 19.9 Å². The van der Waals surface area contributed by atoms with Crippen LogP contribution in [0.3, 0.4) is 0 Å². The van der Waals surface area contributed by atoms with Crippen LogP contribution < -0.4 is 16.0 Å². The van der Waals surface area contributed by atoms with E-state index in [2.05, 4.69) is 16.3 Å². The molecule has 0 spiro atoms. The fourth-order valence-electron chi connectivity index (χ4n) is 0.894. The zero-order valence-corrected chi connectivity index (χ0v) is 10.4. The van der Waals surface area contributed by atoms with Crippen molar-refractivity contribution < 1.29 is 4.74 Å². The predicted molar refractivity (Wildman–Crippen MR) is 65.6 cm³/mol. The van der Waals surface area contributed by atoms with Crippen LogP contribution in [-0.4, -0.2) is 10.6 Å². The Hall–Kier alpha value is -1.15. The number of hydrogen-bond donors (Lipinski definition) is 2. The molecule has 86 valence electrons. The number of aromatic nitrogens is 1. The number of nitrogen functional groups attached to an aromatic ring is 1. The molecule has 4 nitrogen and oxygen atoms in total. The lowest BCUT2D eigenvalue weighted by Crippen LogP contribution is -2.26. The van der Waals surface area contributed by atoms with E-state index >= 15 is 0 Å². The summed E-state index contributed by atoms with van der Waals surface area (Å²) in [5.41, 5.74) is 1.52. The number of nitrogens with one attached hydrogen (secondary N) is 1. The number of anilines is 1. The van der Waals surface area contributed by atoms with Crippen LogP contribution in [0.2, 0.25) is 10.0 Å². The van der Waals surface area contributed by atoms with Crippen LogP contribution in [0, 0.1) is 12.3 Å². The van der Waals surface area contributed by atoms with E-state index in [1.54, 1.807) is 13.8 Å². The van der Waals surface area contributed by atoms with Gasteiger partial charge in [-0.15, -0.1) is 6.42 Å². The molecular weight excluding hydrogens is 249 g/mol. The molecule has 16 heavy (non-hydrogen) atoms. The van der Waals surface area contributed by atoms with Gasteiger partial charge in [-0.25, -0.2) is 5.84 Å². The first kappa shape index (κ1) is 12.9. The minimum absolute atomic E-state index is 0.182. The summed E-state index contributed by atoms with van der Waals surface area (Å²) in [4.78, 5) is 4.01. The highest BCUT2D eigenvalue weighted by molar-refractivity contribution is 6.36. The Morgan fingerprint density at radius 2 is 2.12 bits per heavy atom. The molecule has 1 heterocycles. The molecule has 0 aliphatic carbocycles. The SMILES string of the molecule is C#CC(C)(C)Oc1nc(NN)c(Cl)cc1Cl. The van der Waals surface area contributed by atoms with E-state index in [9.17, 15) is 0 Å². The molecular formula is C10H11Cl2N3O. The van der Waals surface area contributed by atoms with Crippen molar-refractivity contribution in [1.29, 1.82) is 0 Å². The highest BCUT2D eigenvalue weighted by Crippen LogP contribution is 2.32. The minimum atomic E-state index is -0.809. The van der Waals surface area contributed by atoms with Gasteiger partial charge in [-0.2, -0.15) is 4.98 Å². The van der Waals surface area contributed by atoms with Gasteiger partial charge in [0.05, 0.1) is 5.02 Å². The number of nitrogens with two attached hydrogens (primary N) is 1. The highest BCUT2D eigenvalue weighted by Gasteiger charge is 2.19. The lowest BCUT2D eigenvalue weighted by Gasteiger charge is -2.20. The van der Waals surface area contributed by atoms with Gasteiger partial charge >= 0.3 is 0 Å². The Labute approximate surface area is 104 Å². The summed E-state index contributed by atoms with van der Waals surface area (Å²) in [5, 5.41) is 0.575. The summed E-state index contributed by atoms with van der Waals surface area (Å²) in [6, 6.07) is 1.48. The van der Waals surface area contributed by atoms with E-state index in [0.29, 0.717) is 5.02 Å².